The van der Waals surface area contributed by atoms with Crippen molar-refractivity contribution in [2.45, 2.75) is 17.1 Å². The van der Waals surface area contributed by atoms with E-state index in [9.17, 15) is 13.2 Å². The molecule has 114 valence electrons. The summed E-state index contributed by atoms with van der Waals surface area (Å²) in [6, 6.07) is 3.26. The minimum Gasteiger partial charge on any atom is -0.301 e. The zero-order valence-corrected chi connectivity index (χ0v) is 13.7. The van der Waals surface area contributed by atoms with Gasteiger partial charge in [-0.2, -0.15) is 0 Å². The summed E-state index contributed by atoms with van der Waals surface area (Å²) in [6.45, 7) is 0.282. The Morgan fingerprint density at radius 2 is 2.24 bits per heavy atom. The summed E-state index contributed by atoms with van der Waals surface area (Å²) in [6.07, 6.45) is 0.662. The second-order valence-corrected chi connectivity index (χ2v) is 8.21. The summed E-state index contributed by atoms with van der Waals surface area (Å²) >= 11 is 2.41. The fraction of sp³-hybridized carbons (Fsp3) is 0.364. The fourth-order valence-corrected chi connectivity index (χ4v) is 4.43. The lowest BCUT2D eigenvalue weighted by Crippen LogP contribution is -2.28. The lowest BCUT2D eigenvalue weighted by atomic mass is 10.3. The summed E-state index contributed by atoms with van der Waals surface area (Å²) in [7, 11) is -1.93. The van der Waals surface area contributed by atoms with Crippen molar-refractivity contribution in [1.82, 2.24) is 14.5 Å². The summed E-state index contributed by atoms with van der Waals surface area (Å²) < 4.78 is 25.9. The van der Waals surface area contributed by atoms with E-state index >= 15 is 0 Å². The number of hydrogen-bond acceptors (Lipinski definition) is 7. The molecule has 7 nitrogen and oxygen atoms in total. The van der Waals surface area contributed by atoms with Gasteiger partial charge < -0.3 is 5.32 Å². The maximum Gasteiger partial charge on any atom is 0.252 e. The molecule has 0 saturated heterocycles. The van der Waals surface area contributed by atoms with Gasteiger partial charge in [-0.1, -0.05) is 17.4 Å². The van der Waals surface area contributed by atoms with Crippen LogP contribution in [0.25, 0.3) is 0 Å². The highest BCUT2D eigenvalue weighted by atomic mass is 32.2. The molecule has 0 atom stereocenters. The Bertz CT molecular complexity index is 668. The van der Waals surface area contributed by atoms with Gasteiger partial charge in [0.2, 0.25) is 11.0 Å². The minimum absolute atomic E-state index is 0.200. The molecule has 2 heterocycles. The van der Waals surface area contributed by atoms with E-state index in [1.54, 1.807) is 17.5 Å². The minimum atomic E-state index is -3.44. The topological polar surface area (TPSA) is 92.3 Å². The summed E-state index contributed by atoms with van der Waals surface area (Å²) in [4.78, 5) is 11.6. The van der Waals surface area contributed by atoms with Crippen LogP contribution in [-0.4, -0.2) is 42.4 Å². The highest BCUT2D eigenvalue weighted by molar-refractivity contribution is 7.91. The van der Waals surface area contributed by atoms with E-state index in [4.69, 9.17) is 0 Å². The predicted molar refractivity (Wildman–Crippen MR) is 81.9 cm³/mol. The van der Waals surface area contributed by atoms with Gasteiger partial charge >= 0.3 is 0 Å². The molecule has 1 amide bonds. The van der Waals surface area contributed by atoms with Crippen molar-refractivity contribution >= 4 is 43.7 Å². The van der Waals surface area contributed by atoms with Gasteiger partial charge in [0, 0.05) is 20.0 Å². The van der Waals surface area contributed by atoms with E-state index in [1.807, 2.05) is 0 Å². The van der Waals surface area contributed by atoms with Crippen molar-refractivity contribution in [2.75, 3.05) is 18.9 Å². The number of thiophene rings is 1. The van der Waals surface area contributed by atoms with Crippen LogP contribution < -0.4 is 5.32 Å². The van der Waals surface area contributed by atoms with Crippen LogP contribution in [0.5, 0.6) is 0 Å². The lowest BCUT2D eigenvalue weighted by molar-refractivity contribution is -0.116. The third-order valence-electron chi connectivity index (χ3n) is 2.64. The molecular formula is C11H14N4O3S3. The number of carbonyl (C=O) groups is 1. The number of rotatable bonds is 7. The van der Waals surface area contributed by atoms with E-state index in [2.05, 4.69) is 15.5 Å². The Morgan fingerprint density at radius 1 is 1.43 bits per heavy atom. The Balaban J connectivity index is 1.79. The molecule has 0 saturated carbocycles. The number of nitrogens with zero attached hydrogens (tertiary/aromatic N) is 3. The van der Waals surface area contributed by atoms with E-state index in [0.29, 0.717) is 15.8 Å². The molecule has 0 bridgehead atoms. The quantitative estimate of drug-likeness (QED) is 0.823. The molecule has 0 aliphatic rings. The molecule has 1 N–H and O–H groups in total. The molecule has 2 aromatic rings. The molecule has 0 aliphatic carbocycles. The first kappa shape index (κ1) is 16.0. The molecule has 0 aromatic carbocycles. The second kappa shape index (κ2) is 7.07. The zero-order chi connectivity index (χ0) is 15.3. The van der Waals surface area contributed by atoms with Crippen LogP contribution in [0, 0.1) is 0 Å². The van der Waals surface area contributed by atoms with Gasteiger partial charge in [0.15, 0.2) is 0 Å². The summed E-state index contributed by atoms with van der Waals surface area (Å²) in [5, 5.41) is 12.1. The number of carbonyl (C=O) groups excluding carboxylic acids is 1. The molecule has 0 unspecified atom stereocenters. The van der Waals surface area contributed by atoms with Crippen molar-refractivity contribution < 1.29 is 13.2 Å². The average Bonchev–Trinajstić information content (AvgIpc) is 3.11. The first-order chi connectivity index (χ1) is 10.00. The van der Waals surface area contributed by atoms with Crippen LogP contribution >= 0.6 is 22.7 Å². The second-order valence-electron chi connectivity index (χ2n) is 4.15. The van der Waals surface area contributed by atoms with Gasteiger partial charge in [-0.25, -0.2) is 12.7 Å². The lowest BCUT2D eigenvalue weighted by Gasteiger charge is -2.15. The normalized spacial score (nSPS) is 11.7. The number of amides is 1. The highest BCUT2D eigenvalue weighted by Crippen LogP contribution is 2.20. The molecule has 0 radical (unpaired) electrons. The fourth-order valence-electron chi connectivity index (χ4n) is 1.56. The van der Waals surface area contributed by atoms with Crippen LogP contribution in [0.2, 0.25) is 0 Å². The summed E-state index contributed by atoms with van der Waals surface area (Å²) in [5.74, 6) is -0.200. The third-order valence-corrected chi connectivity index (χ3v) is 6.48. The monoisotopic (exact) mass is 346 g/mol. The molecule has 0 spiro atoms. The number of hydrogen-bond donors (Lipinski definition) is 1. The first-order valence-electron chi connectivity index (χ1n) is 6.06. The number of anilines is 1. The van der Waals surface area contributed by atoms with Crippen molar-refractivity contribution in [3.05, 3.63) is 23.0 Å². The van der Waals surface area contributed by atoms with Crippen molar-refractivity contribution in [3.63, 3.8) is 0 Å². The van der Waals surface area contributed by atoms with Crippen LogP contribution in [-0.2, 0) is 14.8 Å². The Kier molecular flexibility index (Phi) is 5.39. The largest absolute Gasteiger partial charge is 0.301 e. The Labute approximate surface area is 130 Å². The van der Waals surface area contributed by atoms with Gasteiger partial charge in [-0.3, -0.25) is 4.79 Å². The smallest absolute Gasteiger partial charge is 0.252 e. The average molecular weight is 346 g/mol. The number of aromatic nitrogens is 2. The number of nitrogens with one attached hydrogen (secondary N) is 1. The molecular weight excluding hydrogens is 332 g/mol. The van der Waals surface area contributed by atoms with Crippen molar-refractivity contribution in [3.8, 4) is 0 Å². The molecule has 0 aliphatic heterocycles. The highest BCUT2D eigenvalue weighted by Gasteiger charge is 2.21. The van der Waals surface area contributed by atoms with Crippen molar-refractivity contribution in [2.24, 2.45) is 0 Å². The Hall–Kier alpha value is -1.36. The SMILES string of the molecule is CN(CCCC(=O)Nc1nncs1)S(=O)(=O)c1cccs1. The van der Waals surface area contributed by atoms with Gasteiger partial charge in [0.1, 0.15) is 9.72 Å². The van der Waals surface area contributed by atoms with Gasteiger partial charge in [-0.05, 0) is 17.9 Å². The third kappa shape index (κ3) is 4.30. The Morgan fingerprint density at radius 3 is 2.86 bits per heavy atom. The van der Waals surface area contributed by atoms with Gasteiger partial charge in [0.05, 0.1) is 0 Å². The maximum absolute atomic E-state index is 12.1. The standard InChI is InChI=1S/C11H14N4O3S3/c1-15(21(17,18)10-5-3-7-19-10)6-2-4-9(16)13-11-14-12-8-20-11/h3,5,7-8H,2,4,6H2,1H3,(H,13,14,16). The molecule has 21 heavy (non-hydrogen) atoms. The number of sulfonamides is 1. The van der Waals surface area contributed by atoms with E-state index in [-0.39, 0.29) is 18.9 Å². The van der Waals surface area contributed by atoms with Crippen LogP contribution in [0.3, 0.4) is 0 Å². The molecule has 2 aromatic heterocycles. The first-order valence-corrected chi connectivity index (χ1v) is 9.26. The van der Waals surface area contributed by atoms with Gasteiger partial charge in [-0.15, -0.1) is 21.5 Å². The van der Waals surface area contributed by atoms with Crippen molar-refractivity contribution in [1.29, 1.82) is 0 Å². The van der Waals surface area contributed by atoms with Gasteiger partial charge in [0.25, 0.3) is 10.0 Å². The maximum atomic E-state index is 12.1. The van der Waals surface area contributed by atoms with E-state index in [0.717, 1.165) is 0 Å². The molecule has 0 fully saturated rings. The predicted octanol–water partition coefficient (Wildman–Crippen LogP) is 1.64. The molecule has 2 rings (SSSR count). The van der Waals surface area contributed by atoms with E-state index < -0.39 is 10.0 Å². The zero-order valence-electron chi connectivity index (χ0n) is 11.2. The van der Waals surface area contributed by atoms with Crippen LogP contribution in [0.1, 0.15) is 12.8 Å². The van der Waals surface area contributed by atoms with Crippen LogP contribution in [0.15, 0.2) is 27.2 Å². The van der Waals surface area contributed by atoms with E-state index in [1.165, 1.54) is 39.5 Å². The molecule has 10 heteroatoms. The van der Waals surface area contributed by atoms with Crippen LogP contribution in [0.4, 0.5) is 5.13 Å². The summed E-state index contributed by atoms with van der Waals surface area (Å²) in [5.41, 5.74) is 1.52.